The number of halogens is 1. The van der Waals surface area contributed by atoms with Gasteiger partial charge in [0.25, 0.3) is 0 Å². The van der Waals surface area contributed by atoms with Crippen molar-refractivity contribution in [3.8, 4) is 0 Å². The van der Waals surface area contributed by atoms with Crippen molar-refractivity contribution in [2.45, 2.75) is 18.0 Å². The van der Waals surface area contributed by atoms with Gasteiger partial charge in [-0.1, -0.05) is 58.4 Å². The van der Waals surface area contributed by atoms with E-state index in [0.717, 1.165) is 20.9 Å². The number of rotatable bonds is 3. The van der Waals surface area contributed by atoms with Crippen LogP contribution in [0.25, 0.3) is 10.9 Å². The van der Waals surface area contributed by atoms with Crippen molar-refractivity contribution in [1.29, 1.82) is 0 Å². The van der Waals surface area contributed by atoms with Gasteiger partial charge in [-0.2, -0.15) is 0 Å². The van der Waals surface area contributed by atoms with Gasteiger partial charge in [0.1, 0.15) is 5.54 Å². The van der Waals surface area contributed by atoms with Gasteiger partial charge in [-0.3, -0.25) is 19.7 Å². The van der Waals surface area contributed by atoms with Gasteiger partial charge in [0, 0.05) is 38.9 Å². The summed E-state index contributed by atoms with van der Waals surface area (Å²) >= 11 is 3.45. The first kappa shape index (κ1) is 21.5. The summed E-state index contributed by atoms with van der Waals surface area (Å²) < 4.78 is 0.768. The number of H-pyrrole nitrogens is 1. The Morgan fingerprint density at radius 3 is 2.58 bits per heavy atom. The summed E-state index contributed by atoms with van der Waals surface area (Å²) in [5, 5.41) is 7.54. The van der Waals surface area contributed by atoms with E-state index in [2.05, 4.69) is 31.5 Å². The molecule has 178 valence electrons. The number of aromatic amines is 1. The number of benzene rings is 3. The maximum absolute atomic E-state index is 14.0. The number of nitrogens with one attached hydrogen (secondary N) is 3. The summed E-state index contributed by atoms with van der Waals surface area (Å²) in [6, 6.07) is 22.1. The van der Waals surface area contributed by atoms with Gasteiger partial charge in [0.2, 0.25) is 17.7 Å². The second kappa shape index (κ2) is 7.62. The lowest BCUT2D eigenvalue weighted by Gasteiger charge is -2.29. The van der Waals surface area contributed by atoms with Crippen molar-refractivity contribution >= 4 is 55.9 Å². The number of carbonyl (C=O) groups is 3. The van der Waals surface area contributed by atoms with Crippen LogP contribution < -0.4 is 15.5 Å². The molecular formula is C28H21BrN4O3. The highest BCUT2D eigenvalue weighted by atomic mass is 79.9. The Bertz CT molecular complexity index is 1600. The molecule has 3 N–H and O–H groups in total. The number of carbonyl (C=O) groups excluding carboxylic acids is 3. The zero-order valence-corrected chi connectivity index (χ0v) is 20.6. The van der Waals surface area contributed by atoms with Crippen LogP contribution in [0.3, 0.4) is 0 Å². The highest BCUT2D eigenvalue weighted by molar-refractivity contribution is 9.10. The Morgan fingerprint density at radius 2 is 1.72 bits per heavy atom. The van der Waals surface area contributed by atoms with Crippen molar-refractivity contribution < 1.29 is 14.4 Å². The molecule has 2 saturated heterocycles. The molecule has 0 saturated carbocycles. The number of hydrogen-bond acceptors (Lipinski definition) is 4. The van der Waals surface area contributed by atoms with Crippen LogP contribution in [-0.4, -0.2) is 28.7 Å². The van der Waals surface area contributed by atoms with Gasteiger partial charge < -0.3 is 10.3 Å². The zero-order valence-electron chi connectivity index (χ0n) is 19.0. The van der Waals surface area contributed by atoms with Crippen LogP contribution in [0.5, 0.6) is 0 Å². The molecule has 0 aliphatic carbocycles. The fraction of sp³-hybridized carbons (Fsp3) is 0.179. The monoisotopic (exact) mass is 540 g/mol. The van der Waals surface area contributed by atoms with Crippen LogP contribution >= 0.6 is 15.9 Å². The molecule has 2 fully saturated rings. The minimum absolute atomic E-state index is 0.283. The molecule has 4 aromatic rings. The molecule has 8 heteroatoms. The molecule has 7 nitrogen and oxygen atoms in total. The molecule has 3 aliphatic rings. The Labute approximate surface area is 215 Å². The molecule has 0 bridgehead atoms. The minimum Gasteiger partial charge on any atom is -0.361 e. The number of hydrogen-bond donors (Lipinski definition) is 3. The smallest absolute Gasteiger partial charge is 0.250 e. The van der Waals surface area contributed by atoms with Crippen molar-refractivity contribution in [2.75, 3.05) is 10.2 Å². The topological polar surface area (TPSA) is 94.3 Å². The number of para-hydroxylation sites is 2. The second-order valence-corrected chi connectivity index (χ2v) is 10.5. The van der Waals surface area contributed by atoms with Gasteiger partial charge >= 0.3 is 0 Å². The molecule has 3 aliphatic heterocycles. The summed E-state index contributed by atoms with van der Waals surface area (Å²) in [7, 11) is 0. The first-order valence-electron chi connectivity index (χ1n) is 11.9. The predicted octanol–water partition coefficient (Wildman–Crippen LogP) is 4.10. The van der Waals surface area contributed by atoms with Gasteiger partial charge in [-0.25, -0.2) is 4.90 Å². The Morgan fingerprint density at radius 1 is 0.917 bits per heavy atom. The lowest BCUT2D eigenvalue weighted by Crippen LogP contribution is -2.53. The molecule has 7 rings (SSSR count). The third-order valence-corrected chi connectivity index (χ3v) is 8.30. The molecule has 1 spiro atoms. The van der Waals surface area contributed by atoms with Gasteiger partial charge in [-0.15, -0.1) is 0 Å². The second-order valence-electron chi connectivity index (χ2n) is 9.62. The van der Waals surface area contributed by atoms with Crippen LogP contribution in [0.15, 0.2) is 83.5 Å². The first-order valence-corrected chi connectivity index (χ1v) is 12.7. The number of fused-ring (bicyclic) bond motifs is 5. The van der Waals surface area contributed by atoms with Crippen LogP contribution in [-0.2, 0) is 26.3 Å². The van der Waals surface area contributed by atoms with Gasteiger partial charge in [0.05, 0.1) is 17.5 Å². The molecule has 4 atom stereocenters. The van der Waals surface area contributed by atoms with Crippen molar-refractivity contribution in [2.24, 2.45) is 11.8 Å². The predicted molar refractivity (Wildman–Crippen MR) is 139 cm³/mol. The lowest BCUT2D eigenvalue weighted by atomic mass is 9.76. The summed E-state index contributed by atoms with van der Waals surface area (Å²) in [5.74, 6) is -2.49. The standard InChI is InChI=1S/C28H21BrN4O3/c29-16-6-5-7-17(13-16)33-25(34)23-22(12-15-14-30-20-10-3-1-8-18(15)20)32-28(24(23)26(33)35)19-9-2-4-11-21(19)31-27(28)36/h1-11,13-14,22-24,30,32H,12H2,(H,31,36)/t22-,23+,24-,28+/m0/s1. The van der Waals surface area contributed by atoms with E-state index >= 15 is 0 Å². The van der Waals surface area contributed by atoms with Crippen molar-refractivity contribution in [3.05, 3.63) is 94.6 Å². The third kappa shape index (κ3) is 2.79. The van der Waals surface area contributed by atoms with Crippen LogP contribution in [0, 0.1) is 11.8 Å². The molecule has 1 aromatic heterocycles. The van der Waals surface area contributed by atoms with Crippen LogP contribution in [0.2, 0.25) is 0 Å². The third-order valence-electron chi connectivity index (χ3n) is 7.80. The first-order chi connectivity index (χ1) is 17.5. The maximum Gasteiger partial charge on any atom is 0.250 e. The van der Waals surface area contributed by atoms with E-state index in [-0.39, 0.29) is 17.7 Å². The maximum atomic E-state index is 14.0. The van der Waals surface area contributed by atoms with Crippen molar-refractivity contribution in [3.63, 3.8) is 0 Å². The summed E-state index contributed by atoms with van der Waals surface area (Å²) in [6.07, 6.45) is 2.44. The van der Waals surface area contributed by atoms with E-state index in [0.29, 0.717) is 23.4 Å². The number of aromatic nitrogens is 1. The van der Waals surface area contributed by atoms with E-state index < -0.39 is 23.4 Å². The van der Waals surface area contributed by atoms with E-state index in [4.69, 9.17) is 0 Å². The fourth-order valence-electron chi connectivity index (χ4n) is 6.34. The minimum atomic E-state index is -1.31. The SMILES string of the molecule is O=C1[C@@H]2[C@H](Cc3c[nH]c4ccccc34)N[C@@]3(C(=O)Nc4ccccc43)[C@@H]2C(=O)N1c1cccc(Br)c1. The average molecular weight is 541 g/mol. The highest BCUT2D eigenvalue weighted by Gasteiger charge is 2.70. The molecule has 4 heterocycles. The summed E-state index contributed by atoms with van der Waals surface area (Å²) in [4.78, 5) is 46.2. The summed E-state index contributed by atoms with van der Waals surface area (Å²) in [6.45, 7) is 0. The van der Waals surface area contributed by atoms with E-state index in [9.17, 15) is 14.4 Å². The number of nitrogens with zero attached hydrogens (tertiary/aromatic N) is 1. The summed E-state index contributed by atoms with van der Waals surface area (Å²) in [5.41, 5.74) is 2.61. The Balaban J connectivity index is 1.38. The fourth-order valence-corrected chi connectivity index (χ4v) is 6.73. The largest absolute Gasteiger partial charge is 0.361 e. The molecule has 3 aromatic carbocycles. The molecular weight excluding hydrogens is 520 g/mol. The molecule has 3 amide bonds. The quantitative estimate of drug-likeness (QED) is 0.341. The number of anilines is 2. The Kier molecular flexibility index (Phi) is 4.56. The van der Waals surface area contributed by atoms with Crippen molar-refractivity contribution in [1.82, 2.24) is 10.3 Å². The zero-order chi connectivity index (χ0) is 24.6. The number of amides is 3. The molecule has 0 radical (unpaired) electrons. The van der Waals surface area contributed by atoms with Crippen LogP contribution in [0.1, 0.15) is 11.1 Å². The van der Waals surface area contributed by atoms with Crippen LogP contribution in [0.4, 0.5) is 11.4 Å². The molecule has 36 heavy (non-hydrogen) atoms. The Hall–Kier alpha value is -3.75. The van der Waals surface area contributed by atoms with E-state index in [1.165, 1.54) is 4.90 Å². The molecule has 0 unspecified atom stereocenters. The van der Waals surface area contributed by atoms with Gasteiger partial charge in [-0.05, 0) is 42.3 Å². The van der Waals surface area contributed by atoms with E-state index in [1.807, 2.05) is 60.8 Å². The normalized spacial score (nSPS) is 26.6. The average Bonchev–Trinajstić information content (AvgIpc) is 3.58. The lowest BCUT2D eigenvalue weighted by molar-refractivity contribution is -0.130. The van der Waals surface area contributed by atoms with Gasteiger partial charge in [0.15, 0.2) is 0 Å². The highest BCUT2D eigenvalue weighted by Crippen LogP contribution is 2.54. The number of imide groups is 1. The van der Waals surface area contributed by atoms with E-state index in [1.54, 1.807) is 18.2 Å².